The zero-order chi connectivity index (χ0) is 6.41. The maximum atomic E-state index is 9.88. The number of phosphoric acid groups is 1. The molecule has 1 aliphatic rings. The molecule has 0 aliphatic carbocycles. The minimum atomic E-state index is -4.09. The third-order valence-corrected chi connectivity index (χ3v) is 1.41. The monoisotopic (exact) mass is 142 g/mol. The molecule has 0 aromatic rings. The first kappa shape index (κ1) is 6.15. The Morgan fingerprint density at radius 1 is 1.38 bits per heavy atom. The van der Waals surface area contributed by atoms with Crippen molar-refractivity contribution in [2.24, 2.45) is 0 Å². The molecule has 0 amide bonds. The van der Waals surface area contributed by atoms with Crippen LogP contribution in [-0.2, 0) is 13.6 Å². The molecule has 1 aliphatic heterocycles. The fourth-order valence-electron chi connectivity index (χ4n) is 0.307. The van der Waals surface area contributed by atoms with E-state index in [4.69, 9.17) is 15.1 Å². The first-order chi connectivity index (χ1) is 3.41. The average Bonchev–Trinajstić information content (AvgIpc) is 1.20. The summed E-state index contributed by atoms with van der Waals surface area (Å²) in [4.78, 5) is 8.04. The average molecular weight is 142 g/mol. The maximum absolute atomic E-state index is 9.88. The maximum Gasteiger partial charge on any atom is 0.484 e. The molecule has 7 heteroatoms. The molecule has 3 N–H and O–H groups in total. The lowest BCUT2D eigenvalue weighted by atomic mass is 11.2. The van der Waals surface area contributed by atoms with Crippen molar-refractivity contribution in [3.05, 3.63) is 0 Å². The van der Waals surface area contributed by atoms with Gasteiger partial charge in [0.1, 0.15) is 0 Å². The molecular formula is CH3O6P. The molecule has 0 aromatic heterocycles. The summed E-state index contributed by atoms with van der Waals surface area (Å²) in [6.07, 6.45) is -2.86. The lowest BCUT2D eigenvalue weighted by molar-refractivity contribution is -0.459. The second-order valence-electron chi connectivity index (χ2n) is 1.20. The van der Waals surface area contributed by atoms with Crippen LogP contribution in [0.1, 0.15) is 0 Å². The zero-order valence-electron chi connectivity index (χ0n) is 3.51. The van der Waals surface area contributed by atoms with Crippen LogP contribution in [0.5, 0.6) is 0 Å². The van der Waals surface area contributed by atoms with Crippen LogP contribution in [0.2, 0.25) is 0 Å². The highest BCUT2D eigenvalue weighted by Crippen LogP contribution is 2.58. The zero-order valence-corrected chi connectivity index (χ0v) is 4.41. The molecular weight excluding hydrogens is 139 g/mol. The molecule has 8 heavy (non-hydrogen) atoms. The molecule has 1 saturated heterocycles. The molecule has 0 aromatic carbocycles. The first-order valence-electron chi connectivity index (χ1n) is 1.60. The number of phosphoric ester groups is 1. The van der Waals surface area contributed by atoms with Crippen LogP contribution in [-0.4, -0.2) is 21.3 Å². The Morgan fingerprint density at radius 2 is 1.75 bits per heavy atom. The highest BCUT2D eigenvalue weighted by atomic mass is 31.2. The van der Waals surface area contributed by atoms with Crippen molar-refractivity contribution in [3.63, 3.8) is 0 Å². The molecule has 0 atom stereocenters. The summed E-state index contributed by atoms with van der Waals surface area (Å²) in [5.74, 6) is 0. The van der Waals surface area contributed by atoms with Crippen molar-refractivity contribution in [1.82, 2.24) is 0 Å². The number of rotatable bonds is 0. The van der Waals surface area contributed by atoms with Crippen LogP contribution >= 0.6 is 7.82 Å². The van der Waals surface area contributed by atoms with Crippen molar-refractivity contribution in [2.45, 2.75) is 6.16 Å². The van der Waals surface area contributed by atoms with E-state index in [1.807, 2.05) is 0 Å². The second kappa shape index (κ2) is 1.30. The highest BCUT2D eigenvalue weighted by molar-refractivity contribution is 7.48. The van der Waals surface area contributed by atoms with E-state index in [2.05, 4.69) is 9.05 Å². The second-order valence-corrected chi connectivity index (χ2v) is 2.50. The summed E-state index contributed by atoms with van der Waals surface area (Å²) in [6.45, 7) is 0. The van der Waals surface area contributed by atoms with E-state index < -0.39 is 14.0 Å². The third kappa shape index (κ3) is 1.05. The van der Waals surface area contributed by atoms with Gasteiger partial charge in [0.25, 0.3) is 0 Å². The summed E-state index contributed by atoms with van der Waals surface area (Å²) < 4.78 is 16.9. The summed E-state index contributed by atoms with van der Waals surface area (Å²) in [5, 5.41) is 16.1. The van der Waals surface area contributed by atoms with Gasteiger partial charge in [0.05, 0.1) is 0 Å². The molecule has 0 saturated carbocycles. The molecule has 0 spiro atoms. The van der Waals surface area contributed by atoms with E-state index in [0.717, 1.165) is 0 Å². The summed E-state index contributed by atoms with van der Waals surface area (Å²) in [7, 11) is -4.09. The van der Waals surface area contributed by atoms with Gasteiger partial charge in [-0.2, -0.15) is 0 Å². The standard InChI is InChI=1S/CH3O6P/c2-1(3)6-8(4,5)7-1/h2-3H,(H,4,5). The minimum absolute atomic E-state index is 2.86. The Labute approximate surface area is 43.9 Å². The van der Waals surface area contributed by atoms with E-state index >= 15 is 0 Å². The van der Waals surface area contributed by atoms with Crippen LogP contribution in [0.15, 0.2) is 0 Å². The fraction of sp³-hybridized carbons (Fsp3) is 1.00. The lowest BCUT2D eigenvalue weighted by Gasteiger charge is -2.32. The quantitative estimate of drug-likeness (QED) is 0.288. The molecule has 6 nitrogen and oxygen atoms in total. The Kier molecular flexibility index (Phi) is 0.999. The van der Waals surface area contributed by atoms with E-state index in [-0.39, 0.29) is 0 Å². The molecule has 1 heterocycles. The number of aliphatic hydroxyl groups is 2. The van der Waals surface area contributed by atoms with E-state index in [0.29, 0.717) is 0 Å². The van der Waals surface area contributed by atoms with Gasteiger partial charge in [0.2, 0.25) is 0 Å². The highest BCUT2D eigenvalue weighted by Gasteiger charge is 2.54. The van der Waals surface area contributed by atoms with Gasteiger partial charge in [-0.05, 0) is 0 Å². The third-order valence-electron chi connectivity index (χ3n) is 0.469. The topological polar surface area (TPSA) is 96.2 Å². The Hall–Kier alpha value is 0.0300. The van der Waals surface area contributed by atoms with Crippen molar-refractivity contribution >= 4 is 7.82 Å². The summed E-state index contributed by atoms with van der Waals surface area (Å²) in [5.41, 5.74) is 0. The Balaban J connectivity index is 2.55. The van der Waals surface area contributed by atoms with Gasteiger partial charge in [0.15, 0.2) is 0 Å². The van der Waals surface area contributed by atoms with Crippen LogP contribution in [0.25, 0.3) is 0 Å². The van der Waals surface area contributed by atoms with Crippen molar-refractivity contribution in [1.29, 1.82) is 0 Å². The van der Waals surface area contributed by atoms with Crippen LogP contribution in [0, 0.1) is 0 Å². The Morgan fingerprint density at radius 3 is 1.75 bits per heavy atom. The lowest BCUT2D eigenvalue weighted by Crippen LogP contribution is -2.41. The normalized spacial score (nSPS) is 31.4. The summed E-state index contributed by atoms with van der Waals surface area (Å²) >= 11 is 0. The Bertz CT molecular complexity index is 137. The van der Waals surface area contributed by atoms with Gasteiger partial charge in [-0.1, -0.05) is 0 Å². The van der Waals surface area contributed by atoms with Crippen molar-refractivity contribution in [2.75, 3.05) is 0 Å². The fourth-order valence-corrected chi connectivity index (χ4v) is 0.922. The molecule has 1 rings (SSSR count). The smallest absolute Gasteiger partial charge is 0.318 e. The van der Waals surface area contributed by atoms with E-state index in [1.165, 1.54) is 0 Å². The predicted octanol–water partition coefficient (Wildman–Crippen LogP) is -1.27. The summed E-state index contributed by atoms with van der Waals surface area (Å²) in [6, 6.07) is 0. The van der Waals surface area contributed by atoms with E-state index in [1.54, 1.807) is 0 Å². The first-order valence-corrected chi connectivity index (χ1v) is 3.10. The molecule has 0 bridgehead atoms. The SMILES string of the molecule is O=P1(O)OC(O)(O)O1. The van der Waals surface area contributed by atoms with Crippen molar-refractivity contribution < 1.29 is 28.7 Å². The van der Waals surface area contributed by atoms with Gasteiger partial charge in [-0.3, -0.25) is 0 Å². The van der Waals surface area contributed by atoms with Gasteiger partial charge in [-0.25, -0.2) is 13.6 Å². The van der Waals surface area contributed by atoms with Gasteiger partial charge < -0.3 is 15.1 Å². The largest absolute Gasteiger partial charge is 0.484 e. The van der Waals surface area contributed by atoms with Crippen LogP contribution in [0.4, 0.5) is 0 Å². The molecule has 0 radical (unpaired) electrons. The molecule has 1 fully saturated rings. The van der Waals surface area contributed by atoms with Gasteiger partial charge in [-0.15, -0.1) is 0 Å². The number of hydrogen-bond donors (Lipinski definition) is 3. The van der Waals surface area contributed by atoms with Gasteiger partial charge in [0, 0.05) is 0 Å². The van der Waals surface area contributed by atoms with E-state index in [9.17, 15) is 4.57 Å². The van der Waals surface area contributed by atoms with Gasteiger partial charge >= 0.3 is 14.0 Å². The molecule has 0 unspecified atom stereocenters. The van der Waals surface area contributed by atoms with Crippen LogP contribution < -0.4 is 0 Å². The molecule has 48 valence electrons. The van der Waals surface area contributed by atoms with Crippen LogP contribution in [0.3, 0.4) is 0 Å². The number of hydrogen-bond acceptors (Lipinski definition) is 5. The predicted molar refractivity (Wildman–Crippen MR) is 19.2 cm³/mol. The van der Waals surface area contributed by atoms with Crippen molar-refractivity contribution in [3.8, 4) is 0 Å². The minimum Gasteiger partial charge on any atom is -0.318 e.